The van der Waals surface area contributed by atoms with E-state index in [2.05, 4.69) is 14.5 Å². The molecule has 0 atom stereocenters. The van der Waals surface area contributed by atoms with Crippen LogP contribution < -0.4 is 4.74 Å². The van der Waals surface area contributed by atoms with E-state index < -0.39 is 6.61 Å². The standard InChI is InChI=1S/C14H18F2N2O2/c1-17-5-7-18(8-6-17)10-13(19)11-3-2-4-12(9-11)20-14(15)16/h2-4,9,14H,5-8,10H2,1H3. The van der Waals surface area contributed by atoms with Gasteiger partial charge in [-0.15, -0.1) is 0 Å². The van der Waals surface area contributed by atoms with Crippen LogP contribution in [-0.4, -0.2) is 62.0 Å². The van der Waals surface area contributed by atoms with Gasteiger partial charge in [-0.3, -0.25) is 9.69 Å². The lowest BCUT2D eigenvalue weighted by molar-refractivity contribution is -0.0498. The lowest BCUT2D eigenvalue weighted by Crippen LogP contribution is -2.46. The summed E-state index contributed by atoms with van der Waals surface area (Å²) in [6, 6.07) is 5.95. The Morgan fingerprint density at radius 3 is 2.65 bits per heavy atom. The van der Waals surface area contributed by atoms with Crippen molar-refractivity contribution in [1.82, 2.24) is 9.80 Å². The van der Waals surface area contributed by atoms with E-state index in [4.69, 9.17) is 0 Å². The molecule has 0 aliphatic carbocycles. The molecule has 1 aromatic carbocycles. The fraction of sp³-hybridized carbons (Fsp3) is 0.500. The highest BCUT2D eigenvalue weighted by Gasteiger charge is 2.18. The first kappa shape index (κ1) is 14.9. The zero-order chi connectivity index (χ0) is 14.5. The highest BCUT2D eigenvalue weighted by molar-refractivity contribution is 5.97. The first-order valence-corrected chi connectivity index (χ1v) is 6.53. The lowest BCUT2D eigenvalue weighted by Gasteiger charge is -2.31. The van der Waals surface area contributed by atoms with Gasteiger partial charge < -0.3 is 9.64 Å². The second-order valence-corrected chi connectivity index (χ2v) is 4.91. The molecule has 1 aromatic rings. The summed E-state index contributed by atoms with van der Waals surface area (Å²) in [6.07, 6.45) is 0. The van der Waals surface area contributed by atoms with E-state index in [0.717, 1.165) is 26.2 Å². The molecule has 20 heavy (non-hydrogen) atoms. The molecule has 0 bridgehead atoms. The van der Waals surface area contributed by atoms with Gasteiger partial charge in [-0.1, -0.05) is 12.1 Å². The van der Waals surface area contributed by atoms with Crippen molar-refractivity contribution in [3.63, 3.8) is 0 Å². The molecule has 0 spiro atoms. The first-order valence-electron chi connectivity index (χ1n) is 6.53. The Kier molecular flexibility index (Phi) is 5.03. The van der Waals surface area contributed by atoms with Crippen LogP contribution in [0, 0.1) is 0 Å². The Labute approximate surface area is 116 Å². The molecule has 1 aliphatic rings. The molecule has 1 fully saturated rings. The fourth-order valence-corrected chi connectivity index (χ4v) is 2.15. The third-order valence-electron chi connectivity index (χ3n) is 3.34. The smallest absolute Gasteiger partial charge is 0.387 e. The number of hydrogen-bond donors (Lipinski definition) is 0. The molecule has 0 saturated carbocycles. The van der Waals surface area contributed by atoms with Crippen molar-refractivity contribution in [2.24, 2.45) is 0 Å². The minimum absolute atomic E-state index is 0.0178. The van der Waals surface area contributed by atoms with Crippen molar-refractivity contribution in [2.75, 3.05) is 39.8 Å². The summed E-state index contributed by atoms with van der Waals surface area (Å²) in [5.41, 5.74) is 0.405. The van der Waals surface area contributed by atoms with E-state index in [1.165, 1.54) is 12.1 Å². The number of Topliss-reactive ketones (excluding diaryl/α,β-unsaturated/α-hetero) is 1. The van der Waals surface area contributed by atoms with Gasteiger partial charge in [0, 0.05) is 31.7 Å². The van der Waals surface area contributed by atoms with E-state index in [9.17, 15) is 13.6 Å². The highest BCUT2D eigenvalue weighted by atomic mass is 19.3. The van der Waals surface area contributed by atoms with Crippen molar-refractivity contribution >= 4 is 5.78 Å². The summed E-state index contributed by atoms with van der Waals surface area (Å²) in [4.78, 5) is 16.4. The normalized spacial score (nSPS) is 17.4. The summed E-state index contributed by atoms with van der Waals surface area (Å²) in [5.74, 6) is -0.0569. The summed E-state index contributed by atoms with van der Waals surface area (Å²) >= 11 is 0. The maximum absolute atomic E-state index is 12.1. The molecule has 0 radical (unpaired) electrons. The number of halogens is 2. The summed E-state index contributed by atoms with van der Waals surface area (Å²) in [6.45, 7) is 0.985. The lowest BCUT2D eigenvalue weighted by atomic mass is 10.1. The van der Waals surface area contributed by atoms with Crippen LogP contribution in [0.1, 0.15) is 10.4 Å². The maximum Gasteiger partial charge on any atom is 0.387 e. The molecule has 110 valence electrons. The Morgan fingerprint density at radius 1 is 1.30 bits per heavy atom. The van der Waals surface area contributed by atoms with E-state index >= 15 is 0 Å². The molecule has 4 nitrogen and oxygen atoms in total. The third kappa shape index (κ3) is 4.25. The van der Waals surface area contributed by atoms with Crippen LogP contribution in [0.25, 0.3) is 0 Å². The number of nitrogens with zero attached hydrogens (tertiary/aromatic N) is 2. The number of benzene rings is 1. The number of piperazine rings is 1. The van der Waals surface area contributed by atoms with Crippen molar-refractivity contribution in [1.29, 1.82) is 0 Å². The number of rotatable bonds is 5. The van der Waals surface area contributed by atoms with E-state index in [1.54, 1.807) is 12.1 Å². The van der Waals surface area contributed by atoms with Crippen molar-refractivity contribution in [3.8, 4) is 5.75 Å². The molecule has 0 N–H and O–H groups in total. The predicted octanol–water partition coefficient (Wildman–Crippen LogP) is 1.72. The molecular weight excluding hydrogens is 266 g/mol. The summed E-state index contributed by atoms with van der Waals surface area (Å²) in [7, 11) is 2.05. The van der Waals surface area contributed by atoms with Gasteiger partial charge in [-0.2, -0.15) is 8.78 Å². The molecule has 0 aromatic heterocycles. The Balaban J connectivity index is 1.95. The topological polar surface area (TPSA) is 32.8 Å². The Hall–Kier alpha value is -1.53. The van der Waals surface area contributed by atoms with Crippen molar-refractivity contribution in [2.45, 2.75) is 6.61 Å². The quantitative estimate of drug-likeness (QED) is 0.771. The summed E-state index contributed by atoms with van der Waals surface area (Å²) in [5, 5.41) is 0. The monoisotopic (exact) mass is 284 g/mol. The van der Waals surface area contributed by atoms with Crippen LogP contribution in [-0.2, 0) is 0 Å². The summed E-state index contributed by atoms with van der Waals surface area (Å²) < 4.78 is 28.6. The van der Waals surface area contributed by atoms with Gasteiger partial charge in [0.1, 0.15) is 5.75 Å². The van der Waals surface area contributed by atoms with Crippen LogP contribution in [0.5, 0.6) is 5.75 Å². The maximum atomic E-state index is 12.1. The van der Waals surface area contributed by atoms with Gasteiger partial charge in [0.15, 0.2) is 5.78 Å². The fourth-order valence-electron chi connectivity index (χ4n) is 2.15. The van der Waals surface area contributed by atoms with Crippen LogP contribution in [0.4, 0.5) is 8.78 Å². The number of hydrogen-bond acceptors (Lipinski definition) is 4. The van der Waals surface area contributed by atoms with Gasteiger partial charge in [0.25, 0.3) is 0 Å². The number of carbonyl (C=O) groups excluding carboxylic acids is 1. The molecule has 0 amide bonds. The third-order valence-corrected chi connectivity index (χ3v) is 3.34. The number of carbonyl (C=O) groups is 1. The molecule has 0 unspecified atom stereocenters. The van der Waals surface area contributed by atoms with Gasteiger partial charge in [-0.25, -0.2) is 0 Å². The van der Waals surface area contributed by atoms with Crippen LogP contribution in [0.2, 0.25) is 0 Å². The minimum atomic E-state index is -2.88. The van der Waals surface area contributed by atoms with Crippen LogP contribution in [0.3, 0.4) is 0 Å². The number of ketones is 1. The molecule has 1 aliphatic heterocycles. The van der Waals surface area contributed by atoms with Crippen molar-refractivity contribution in [3.05, 3.63) is 29.8 Å². The zero-order valence-corrected chi connectivity index (χ0v) is 11.4. The largest absolute Gasteiger partial charge is 0.435 e. The van der Waals surface area contributed by atoms with Crippen LogP contribution >= 0.6 is 0 Å². The average molecular weight is 284 g/mol. The molecular formula is C14H18F2N2O2. The number of alkyl halides is 2. The van der Waals surface area contributed by atoms with E-state index in [-0.39, 0.29) is 11.5 Å². The Bertz CT molecular complexity index is 460. The number of likely N-dealkylation sites (N-methyl/N-ethyl adjacent to an activating group) is 1. The SMILES string of the molecule is CN1CCN(CC(=O)c2cccc(OC(F)F)c2)CC1. The van der Waals surface area contributed by atoms with E-state index in [0.29, 0.717) is 12.1 Å². The highest BCUT2D eigenvalue weighted by Crippen LogP contribution is 2.16. The molecule has 6 heteroatoms. The second kappa shape index (κ2) is 6.76. The number of ether oxygens (including phenoxy) is 1. The van der Waals surface area contributed by atoms with Gasteiger partial charge in [-0.05, 0) is 19.2 Å². The average Bonchev–Trinajstić information content (AvgIpc) is 2.41. The minimum Gasteiger partial charge on any atom is -0.435 e. The molecule has 2 rings (SSSR count). The van der Waals surface area contributed by atoms with Crippen molar-refractivity contribution < 1.29 is 18.3 Å². The first-order chi connectivity index (χ1) is 9.54. The second-order valence-electron chi connectivity index (χ2n) is 4.91. The zero-order valence-electron chi connectivity index (χ0n) is 11.4. The predicted molar refractivity (Wildman–Crippen MR) is 71.3 cm³/mol. The molecule has 1 heterocycles. The van der Waals surface area contributed by atoms with E-state index in [1.807, 2.05) is 7.05 Å². The van der Waals surface area contributed by atoms with Gasteiger partial charge in [0.2, 0.25) is 0 Å². The molecule has 1 saturated heterocycles. The Morgan fingerprint density at radius 2 is 2.00 bits per heavy atom. The van der Waals surface area contributed by atoms with Crippen LogP contribution in [0.15, 0.2) is 24.3 Å². The van der Waals surface area contributed by atoms with Gasteiger partial charge in [0.05, 0.1) is 6.54 Å². The van der Waals surface area contributed by atoms with Gasteiger partial charge >= 0.3 is 6.61 Å².